The molecule has 13 aromatic rings. The largest absolute Gasteiger partial charge is 0.309 e. The molecule has 0 aliphatic carbocycles. The third kappa shape index (κ3) is 7.74. The van der Waals surface area contributed by atoms with Crippen LogP contribution >= 0.6 is 0 Å². The van der Waals surface area contributed by atoms with Gasteiger partial charge in [-0.1, -0.05) is 121 Å². The second-order valence-corrected chi connectivity index (χ2v) is 17.4. The molecule has 0 saturated heterocycles. The molecule has 0 unspecified atom stereocenters. The predicted octanol–water partition coefficient (Wildman–Crippen LogP) is 16.7. The average Bonchev–Trinajstić information content (AvgIpc) is 3.96. The molecule has 0 radical (unpaired) electrons. The number of nitrogens with zero attached hydrogens (tertiary/aromatic N) is 6. The molecule has 6 aromatic heterocycles. The highest BCUT2D eigenvalue weighted by Gasteiger charge is 2.20. The lowest BCUT2D eigenvalue weighted by Gasteiger charge is -2.14. The molecule has 7 aromatic carbocycles. The first-order valence-corrected chi connectivity index (χ1v) is 23.8. The van der Waals surface area contributed by atoms with Gasteiger partial charge < -0.3 is 9.13 Å². The Hall–Kier alpha value is -9.52. The van der Waals surface area contributed by atoms with Gasteiger partial charge in [-0.05, 0) is 143 Å². The molecule has 0 saturated carbocycles. The molecule has 71 heavy (non-hydrogen) atoms. The minimum atomic E-state index is 0.946. The summed E-state index contributed by atoms with van der Waals surface area (Å²) in [6.45, 7) is 5.25. The van der Waals surface area contributed by atoms with E-state index < -0.39 is 0 Å². The maximum absolute atomic E-state index is 5.00. The number of allylic oxidation sites excluding steroid dienone is 1. The zero-order valence-corrected chi connectivity index (χ0v) is 39.1. The third-order valence-electron chi connectivity index (χ3n) is 13.2. The van der Waals surface area contributed by atoms with Crippen molar-refractivity contribution in [3.05, 3.63) is 256 Å². The predicted molar refractivity (Wildman–Crippen MR) is 295 cm³/mol. The summed E-state index contributed by atoms with van der Waals surface area (Å²) in [5, 5.41) is 3.42. The van der Waals surface area contributed by atoms with Crippen LogP contribution in [0.3, 0.4) is 0 Å². The molecule has 0 spiro atoms. The SMILES string of the molecule is C=CC.c1ccc(-c2ccccc2-c2ccc3c(c2)c2cc(-c4ccccc4-c4ccccn4)ccc2n3-c2cccc(-n3c4ccc(-c5ccccc5-c5ccccn5)cc4c4ncccc43)c2)nc1. The quantitative estimate of drug-likeness (QED) is 0.143. The highest BCUT2D eigenvalue weighted by Crippen LogP contribution is 2.42. The number of pyridine rings is 4. The van der Waals surface area contributed by atoms with Crippen LogP contribution in [0.25, 0.3) is 122 Å². The van der Waals surface area contributed by atoms with E-state index in [1.165, 1.54) is 0 Å². The van der Waals surface area contributed by atoms with Crippen LogP contribution in [0, 0.1) is 0 Å². The fourth-order valence-electron chi connectivity index (χ4n) is 10.1. The Balaban J connectivity index is 0.00000168. The van der Waals surface area contributed by atoms with Crippen LogP contribution in [0.5, 0.6) is 0 Å². The van der Waals surface area contributed by atoms with E-state index in [0.717, 1.165) is 122 Å². The van der Waals surface area contributed by atoms with Crippen LogP contribution < -0.4 is 0 Å². The Bertz CT molecular complexity index is 3940. The lowest BCUT2D eigenvalue weighted by molar-refractivity contribution is 1.13. The monoisotopic (exact) mass is 910 g/mol. The Labute approximate surface area is 412 Å². The van der Waals surface area contributed by atoms with Crippen molar-refractivity contribution < 1.29 is 0 Å². The van der Waals surface area contributed by atoms with Crippen molar-refractivity contribution in [1.82, 2.24) is 29.1 Å². The normalized spacial score (nSPS) is 11.2. The van der Waals surface area contributed by atoms with Crippen molar-refractivity contribution in [2.45, 2.75) is 6.92 Å². The summed E-state index contributed by atoms with van der Waals surface area (Å²) in [4.78, 5) is 19.2. The highest BCUT2D eigenvalue weighted by molar-refractivity contribution is 6.13. The number of aromatic nitrogens is 6. The van der Waals surface area contributed by atoms with Crippen LogP contribution in [-0.2, 0) is 0 Å². The van der Waals surface area contributed by atoms with Crippen LogP contribution in [0.4, 0.5) is 0 Å². The minimum absolute atomic E-state index is 0.946. The van der Waals surface area contributed by atoms with Gasteiger partial charge in [0.25, 0.3) is 0 Å². The number of hydrogen-bond acceptors (Lipinski definition) is 4. The molecule has 0 amide bonds. The van der Waals surface area contributed by atoms with Crippen LogP contribution in [-0.4, -0.2) is 29.1 Å². The van der Waals surface area contributed by atoms with Gasteiger partial charge >= 0.3 is 0 Å². The van der Waals surface area contributed by atoms with Gasteiger partial charge in [-0.2, -0.15) is 0 Å². The standard InChI is InChI=1S/C62H40N6.C3H6/c1-4-20-49(55-23-7-10-33-63-55)46(17-1)41-27-30-58-52(37-41)53-38-42(47-18-2-5-21-50(47)56-24-8-11-34-64-56)28-31-59(53)67(58)44-15-13-16-45(40-44)68-60-32-29-43(39-54(60)62-61(68)26-14-36-66-62)48-19-3-6-22-51(48)57-25-9-12-35-65-57;1-3-2/h1-40H;3H,1H2,2H3. The molecule has 336 valence electrons. The molecular weight excluding hydrogens is 865 g/mol. The van der Waals surface area contributed by atoms with Crippen molar-refractivity contribution in [2.75, 3.05) is 0 Å². The summed E-state index contributed by atoms with van der Waals surface area (Å²) in [5.41, 5.74) is 20.3. The first-order valence-electron chi connectivity index (χ1n) is 23.8. The summed E-state index contributed by atoms with van der Waals surface area (Å²) in [5.74, 6) is 0. The molecule has 0 fully saturated rings. The molecule has 6 heterocycles. The topological polar surface area (TPSA) is 61.4 Å². The van der Waals surface area contributed by atoms with Crippen LogP contribution in [0.1, 0.15) is 6.92 Å². The maximum atomic E-state index is 5.00. The van der Waals surface area contributed by atoms with Crippen molar-refractivity contribution >= 4 is 43.7 Å². The Morgan fingerprint density at radius 3 is 1.11 bits per heavy atom. The smallest absolute Gasteiger partial charge is 0.0963 e. The minimum Gasteiger partial charge on any atom is -0.309 e. The first-order chi connectivity index (χ1) is 35.2. The molecule has 13 rings (SSSR count). The molecular formula is C65H46N6. The fourth-order valence-corrected chi connectivity index (χ4v) is 10.1. The Morgan fingerprint density at radius 1 is 0.324 bits per heavy atom. The van der Waals surface area contributed by atoms with Gasteiger partial charge in [0, 0.05) is 69.0 Å². The lowest BCUT2D eigenvalue weighted by Crippen LogP contribution is -1.98. The number of hydrogen-bond donors (Lipinski definition) is 0. The van der Waals surface area contributed by atoms with Crippen LogP contribution in [0.15, 0.2) is 256 Å². The highest BCUT2D eigenvalue weighted by atomic mass is 15.0. The second-order valence-electron chi connectivity index (χ2n) is 17.4. The van der Waals surface area contributed by atoms with Crippen molar-refractivity contribution in [3.8, 4) is 78.5 Å². The summed E-state index contributed by atoms with van der Waals surface area (Å²) in [7, 11) is 0. The lowest BCUT2D eigenvalue weighted by atomic mass is 9.94. The first kappa shape index (κ1) is 42.8. The fraction of sp³-hybridized carbons (Fsp3) is 0.0154. The number of rotatable bonds is 8. The van der Waals surface area contributed by atoms with Gasteiger partial charge in [0.15, 0.2) is 0 Å². The van der Waals surface area contributed by atoms with Gasteiger partial charge in [-0.3, -0.25) is 19.9 Å². The Kier molecular flexibility index (Phi) is 11.2. The molecule has 0 aliphatic heterocycles. The van der Waals surface area contributed by atoms with E-state index in [-0.39, 0.29) is 0 Å². The van der Waals surface area contributed by atoms with Crippen molar-refractivity contribution in [3.63, 3.8) is 0 Å². The van der Waals surface area contributed by atoms with Gasteiger partial charge in [-0.15, -0.1) is 6.58 Å². The van der Waals surface area contributed by atoms with E-state index in [1.54, 1.807) is 6.08 Å². The summed E-state index contributed by atoms with van der Waals surface area (Å²) in [6.07, 6.45) is 9.21. The van der Waals surface area contributed by atoms with Crippen molar-refractivity contribution in [1.29, 1.82) is 0 Å². The zero-order valence-electron chi connectivity index (χ0n) is 39.1. The summed E-state index contributed by atoms with van der Waals surface area (Å²) < 4.78 is 4.76. The zero-order chi connectivity index (χ0) is 47.7. The van der Waals surface area contributed by atoms with E-state index >= 15 is 0 Å². The molecule has 6 nitrogen and oxygen atoms in total. The summed E-state index contributed by atoms with van der Waals surface area (Å²) in [6, 6.07) is 77.5. The third-order valence-corrected chi connectivity index (χ3v) is 13.2. The van der Waals surface area contributed by atoms with Gasteiger partial charge in [0.1, 0.15) is 0 Å². The Morgan fingerprint density at radius 2 is 0.690 bits per heavy atom. The van der Waals surface area contributed by atoms with E-state index in [4.69, 9.17) is 19.9 Å². The van der Waals surface area contributed by atoms with Gasteiger partial charge in [-0.25, -0.2) is 0 Å². The molecule has 0 aliphatic rings. The second kappa shape index (κ2) is 18.5. The molecule has 0 atom stereocenters. The maximum Gasteiger partial charge on any atom is 0.0963 e. The van der Waals surface area contributed by atoms with Gasteiger partial charge in [0.05, 0.1) is 44.7 Å². The van der Waals surface area contributed by atoms with Crippen molar-refractivity contribution in [2.24, 2.45) is 0 Å². The van der Waals surface area contributed by atoms with E-state index in [1.807, 2.05) is 74.2 Å². The van der Waals surface area contributed by atoms with E-state index in [2.05, 4.69) is 192 Å². The molecule has 0 bridgehead atoms. The van der Waals surface area contributed by atoms with Crippen LogP contribution in [0.2, 0.25) is 0 Å². The summed E-state index contributed by atoms with van der Waals surface area (Å²) >= 11 is 0. The number of fused-ring (bicyclic) bond motifs is 6. The van der Waals surface area contributed by atoms with Gasteiger partial charge in [0.2, 0.25) is 0 Å². The van der Waals surface area contributed by atoms with E-state index in [0.29, 0.717) is 0 Å². The molecule has 6 heteroatoms. The number of benzene rings is 7. The molecule has 0 N–H and O–H groups in total. The average molecular weight is 911 g/mol. The van der Waals surface area contributed by atoms with E-state index in [9.17, 15) is 0 Å².